The summed E-state index contributed by atoms with van der Waals surface area (Å²) in [5, 5.41) is 0. The Kier molecular flexibility index (Phi) is 9.43. The molecule has 0 aliphatic carbocycles. The maximum absolute atomic E-state index is 2.32. The molecule has 0 atom stereocenters. The molecule has 258 valence electrons. The molecule has 0 aliphatic heterocycles. The summed E-state index contributed by atoms with van der Waals surface area (Å²) in [6, 6.07) is 78.1. The van der Waals surface area contributed by atoms with Gasteiger partial charge in [0.1, 0.15) is 0 Å². The topological polar surface area (TPSA) is 6.48 Å². The van der Waals surface area contributed by atoms with E-state index in [0.717, 1.165) is 34.1 Å². The van der Waals surface area contributed by atoms with Gasteiger partial charge in [0.25, 0.3) is 0 Å². The predicted octanol–water partition coefficient (Wildman–Crippen LogP) is 15.4. The van der Waals surface area contributed by atoms with Crippen molar-refractivity contribution in [1.29, 1.82) is 0 Å². The summed E-state index contributed by atoms with van der Waals surface area (Å²) in [6.07, 6.45) is 0. The van der Waals surface area contributed by atoms with Crippen LogP contribution in [0.5, 0.6) is 0 Å². The van der Waals surface area contributed by atoms with Gasteiger partial charge in [0.2, 0.25) is 0 Å². The summed E-state index contributed by atoms with van der Waals surface area (Å²) in [5.41, 5.74) is 11.6. The monoisotopic (exact) mass is 728 g/mol. The fourth-order valence-electron chi connectivity index (χ4n) is 6.85. The summed E-state index contributed by atoms with van der Waals surface area (Å²) < 4.78 is 0. The minimum Gasteiger partial charge on any atom is -0.311 e. The second kappa shape index (κ2) is 15.3. The first-order valence-electron chi connectivity index (χ1n) is 18.1. The zero-order chi connectivity index (χ0) is 36.1. The zero-order valence-electron chi connectivity index (χ0n) is 29.5. The van der Waals surface area contributed by atoms with Crippen LogP contribution in [0.15, 0.2) is 218 Å². The first kappa shape index (κ1) is 33.4. The molecule has 0 saturated carbocycles. The third-order valence-corrected chi connectivity index (χ3v) is 11.9. The van der Waals surface area contributed by atoms with Gasteiger partial charge in [0.05, 0.1) is 0 Å². The lowest BCUT2D eigenvalue weighted by Gasteiger charge is -2.28. The molecule has 0 spiro atoms. The van der Waals surface area contributed by atoms with Crippen molar-refractivity contribution in [1.82, 2.24) is 0 Å². The molecule has 2 heterocycles. The molecule has 0 radical (unpaired) electrons. The van der Waals surface area contributed by atoms with E-state index in [0.29, 0.717) is 0 Å². The molecule has 2 aromatic heterocycles. The molecular formula is C50H36N2S2. The Labute approximate surface area is 325 Å². The van der Waals surface area contributed by atoms with Gasteiger partial charge < -0.3 is 9.80 Å². The molecule has 0 amide bonds. The average molecular weight is 729 g/mol. The smallest absolute Gasteiger partial charge is 0.0463 e. The lowest BCUT2D eigenvalue weighted by molar-refractivity contribution is 1.26. The normalized spacial score (nSPS) is 11.0. The van der Waals surface area contributed by atoms with E-state index in [9.17, 15) is 0 Å². The van der Waals surface area contributed by atoms with E-state index in [2.05, 4.69) is 228 Å². The maximum atomic E-state index is 2.32. The molecule has 7 aromatic carbocycles. The molecule has 0 bridgehead atoms. The highest BCUT2D eigenvalue weighted by molar-refractivity contribution is 7.19. The fraction of sp³-hybridized carbons (Fsp3) is 0. The van der Waals surface area contributed by atoms with Crippen LogP contribution in [-0.2, 0) is 0 Å². The van der Waals surface area contributed by atoms with Crippen molar-refractivity contribution in [2.75, 3.05) is 9.80 Å². The number of hydrogen-bond donors (Lipinski definition) is 0. The highest BCUT2D eigenvalue weighted by Crippen LogP contribution is 2.42. The van der Waals surface area contributed by atoms with E-state index in [1.54, 1.807) is 0 Å². The van der Waals surface area contributed by atoms with Gasteiger partial charge in [0, 0.05) is 53.6 Å². The molecule has 0 aliphatic rings. The Bertz CT molecular complexity index is 2380. The van der Waals surface area contributed by atoms with Gasteiger partial charge in [-0.2, -0.15) is 0 Å². The van der Waals surface area contributed by atoms with Crippen molar-refractivity contribution >= 4 is 56.8 Å². The summed E-state index contributed by atoms with van der Waals surface area (Å²) >= 11 is 3.66. The summed E-state index contributed by atoms with van der Waals surface area (Å²) in [4.78, 5) is 9.73. The van der Waals surface area contributed by atoms with Crippen LogP contribution < -0.4 is 9.80 Å². The standard InChI is InChI=1S/C50H36N2S2/c1-5-13-37(14-6-1)47-33-35-49(53-47)39-21-25-43(26-22-39)51(41-17-9-3-10-18-41)45-29-31-46(32-30-45)52(42-19-11-4-12-20-42)44-27-23-40(24-28-44)50-36-34-48(54-50)38-15-7-2-8-16-38/h1-36H. The maximum Gasteiger partial charge on any atom is 0.0463 e. The summed E-state index contributed by atoms with van der Waals surface area (Å²) in [7, 11) is 0. The van der Waals surface area contributed by atoms with Crippen LogP contribution in [0.2, 0.25) is 0 Å². The number of hydrogen-bond acceptors (Lipinski definition) is 4. The Hall–Kier alpha value is -6.46. The van der Waals surface area contributed by atoms with Crippen molar-refractivity contribution in [3.63, 3.8) is 0 Å². The summed E-state index contributed by atoms with van der Waals surface area (Å²) in [6.45, 7) is 0. The second-order valence-electron chi connectivity index (χ2n) is 13.0. The fourth-order valence-corrected chi connectivity index (χ4v) is 8.88. The molecule has 2 nitrogen and oxygen atoms in total. The number of nitrogens with zero attached hydrogens (tertiary/aromatic N) is 2. The van der Waals surface area contributed by atoms with Crippen molar-refractivity contribution in [2.45, 2.75) is 0 Å². The molecule has 0 fully saturated rings. The Morgan fingerprint density at radius 2 is 0.426 bits per heavy atom. The van der Waals surface area contributed by atoms with Gasteiger partial charge in [-0.3, -0.25) is 0 Å². The molecule has 54 heavy (non-hydrogen) atoms. The van der Waals surface area contributed by atoms with Gasteiger partial charge in [0.15, 0.2) is 0 Å². The van der Waals surface area contributed by atoms with Crippen molar-refractivity contribution in [3.05, 3.63) is 218 Å². The Morgan fingerprint density at radius 1 is 0.204 bits per heavy atom. The number of para-hydroxylation sites is 2. The number of benzene rings is 7. The van der Waals surface area contributed by atoms with Crippen LogP contribution in [0.25, 0.3) is 41.8 Å². The minimum absolute atomic E-state index is 1.09. The van der Waals surface area contributed by atoms with Gasteiger partial charge >= 0.3 is 0 Å². The van der Waals surface area contributed by atoms with Gasteiger partial charge in [-0.1, -0.05) is 121 Å². The van der Waals surface area contributed by atoms with Crippen LogP contribution in [0.3, 0.4) is 0 Å². The average Bonchev–Trinajstić information content (AvgIpc) is 3.96. The zero-order valence-corrected chi connectivity index (χ0v) is 31.1. The number of anilines is 6. The van der Waals surface area contributed by atoms with E-state index in [1.807, 2.05) is 22.7 Å². The number of thiophene rings is 2. The number of rotatable bonds is 10. The van der Waals surface area contributed by atoms with E-state index < -0.39 is 0 Å². The second-order valence-corrected chi connectivity index (χ2v) is 15.2. The molecular weight excluding hydrogens is 693 g/mol. The SMILES string of the molecule is c1ccc(-c2ccc(-c3ccc(N(c4ccccc4)c4ccc(N(c5ccccc5)c5ccc(-c6ccc(-c7ccccc7)s6)cc5)cc4)cc3)s2)cc1. The molecule has 0 saturated heterocycles. The van der Waals surface area contributed by atoms with Gasteiger partial charge in [-0.15, -0.1) is 22.7 Å². The molecule has 0 unspecified atom stereocenters. The Morgan fingerprint density at radius 3 is 0.722 bits per heavy atom. The highest BCUT2D eigenvalue weighted by Gasteiger charge is 2.17. The lowest BCUT2D eigenvalue weighted by Crippen LogP contribution is -2.12. The minimum atomic E-state index is 1.09. The van der Waals surface area contributed by atoms with Crippen molar-refractivity contribution in [2.24, 2.45) is 0 Å². The first-order valence-corrected chi connectivity index (χ1v) is 19.7. The summed E-state index contributed by atoms with van der Waals surface area (Å²) in [5.74, 6) is 0. The largest absolute Gasteiger partial charge is 0.311 e. The molecule has 0 N–H and O–H groups in total. The van der Waals surface area contributed by atoms with Crippen molar-refractivity contribution in [3.8, 4) is 41.8 Å². The lowest BCUT2D eigenvalue weighted by atomic mass is 10.1. The van der Waals surface area contributed by atoms with Crippen LogP contribution in [0, 0.1) is 0 Å². The Balaban J connectivity index is 1.01. The van der Waals surface area contributed by atoms with E-state index in [4.69, 9.17) is 0 Å². The quantitative estimate of drug-likeness (QED) is 0.138. The third-order valence-electron chi connectivity index (χ3n) is 9.54. The van der Waals surface area contributed by atoms with E-state index in [-0.39, 0.29) is 0 Å². The van der Waals surface area contributed by atoms with E-state index in [1.165, 1.54) is 41.8 Å². The molecule has 4 heteroatoms. The third kappa shape index (κ3) is 7.01. The molecule has 9 rings (SSSR count). The van der Waals surface area contributed by atoms with E-state index >= 15 is 0 Å². The highest BCUT2D eigenvalue weighted by atomic mass is 32.1. The van der Waals surface area contributed by atoms with Crippen LogP contribution in [0.4, 0.5) is 34.1 Å². The van der Waals surface area contributed by atoms with Gasteiger partial charge in [-0.25, -0.2) is 0 Å². The molecule has 9 aromatic rings. The van der Waals surface area contributed by atoms with Crippen molar-refractivity contribution < 1.29 is 0 Å². The van der Waals surface area contributed by atoms with Crippen LogP contribution >= 0.6 is 22.7 Å². The first-order chi connectivity index (χ1) is 26.8. The predicted molar refractivity (Wildman–Crippen MR) is 233 cm³/mol. The van der Waals surface area contributed by atoms with Crippen LogP contribution in [0.1, 0.15) is 0 Å². The van der Waals surface area contributed by atoms with Crippen LogP contribution in [-0.4, -0.2) is 0 Å². The van der Waals surface area contributed by atoms with Gasteiger partial charge in [-0.05, 0) is 119 Å².